The van der Waals surface area contributed by atoms with Gasteiger partial charge >= 0.3 is 0 Å². The number of hydrogen-bond donors (Lipinski definition) is 0. The molecule has 0 saturated heterocycles. The summed E-state index contributed by atoms with van der Waals surface area (Å²) in [6, 6.07) is 7.24. The van der Waals surface area contributed by atoms with Crippen LogP contribution in [0.1, 0.15) is 25.5 Å². The zero-order chi connectivity index (χ0) is 12.6. The van der Waals surface area contributed by atoms with Gasteiger partial charge in [0.05, 0.1) is 27.6 Å². The minimum atomic E-state index is -0.442. The van der Waals surface area contributed by atoms with Gasteiger partial charge in [-0.05, 0) is 26.0 Å². The average Bonchev–Trinajstić information content (AvgIpc) is 2.68. The van der Waals surface area contributed by atoms with E-state index in [-0.39, 0.29) is 11.7 Å². The highest BCUT2D eigenvalue weighted by Crippen LogP contribution is 2.32. The fraction of sp³-hybridized carbons (Fsp3) is 0.250. The molecule has 86 valence electrons. The van der Waals surface area contributed by atoms with Crippen molar-refractivity contribution in [3.63, 3.8) is 0 Å². The van der Waals surface area contributed by atoms with Gasteiger partial charge in [0.2, 0.25) is 0 Å². The first kappa shape index (κ1) is 11.1. The third-order valence-corrected chi connectivity index (χ3v) is 2.71. The number of nitrogens with zero attached hydrogens (tertiary/aromatic N) is 3. The van der Waals surface area contributed by atoms with E-state index >= 15 is 0 Å². The van der Waals surface area contributed by atoms with Crippen LogP contribution in [0.2, 0.25) is 0 Å². The Bertz CT molecular complexity index is 635. The molecule has 0 aliphatic rings. The van der Waals surface area contributed by atoms with E-state index in [9.17, 15) is 10.1 Å². The highest BCUT2D eigenvalue weighted by molar-refractivity contribution is 5.94. The summed E-state index contributed by atoms with van der Waals surface area (Å²) in [6.07, 6.45) is 1.50. The van der Waals surface area contributed by atoms with Crippen LogP contribution in [0.4, 0.5) is 5.69 Å². The summed E-state index contributed by atoms with van der Waals surface area (Å²) in [4.78, 5) is 10.6. The summed E-state index contributed by atoms with van der Waals surface area (Å²) in [6.45, 7) is 3.89. The van der Waals surface area contributed by atoms with Gasteiger partial charge in [-0.1, -0.05) is 6.07 Å². The van der Waals surface area contributed by atoms with E-state index in [0.29, 0.717) is 10.9 Å². The molecule has 0 aliphatic heterocycles. The Kier molecular flexibility index (Phi) is 2.56. The van der Waals surface area contributed by atoms with Gasteiger partial charge in [-0.3, -0.25) is 10.1 Å². The summed E-state index contributed by atoms with van der Waals surface area (Å²) in [5, 5.41) is 20.4. The molecule has 1 aromatic heterocycles. The smallest absolute Gasteiger partial charge is 0.296 e. The third-order valence-electron chi connectivity index (χ3n) is 2.71. The largest absolute Gasteiger partial charge is 0.339 e. The number of nitro groups is 1. The van der Waals surface area contributed by atoms with E-state index in [1.54, 1.807) is 18.2 Å². The minimum Gasteiger partial charge on any atom is -0.339 e. The van der Waals surface area contributed by atoms with Crippen LogP contribution < -0.4 is 0 Å². The Morgan fingerprint density at radius 3 is 2.71 bits per heavy atom. The first-order valence-electron chi connectivity index (χ1n) is 5.24. The van der Waals surface area contributed by atoms with E-state index in [0.717, 1.165) is 5.52 Å². The van der Waals surface area contributed by atoms with Crippen LogP contribution in [0, 0.1) is 21.4 Å². The van der Waals surface area contributed by atoms with Crippen molar-refractivity contribution in [2.75, 3.05) is 0 Å². The van der Waals surface area contributed by atoms with Gasteiger partial charge in [-0.15, -0.1) is 0 Å². The average molecular weight is 229 g/mol. The van der Waals surface area contributed by atoms with Crippen molar-refractivity contribution in [2.45, 2.75) is 19.9 Å². The molecule has 0 atom stereocenters. The lowest BCUT2D eigenvalue weighted by Gasteiger charge is -2.07. The van der Waals surface area contributed by atoms with E-state index < -0.39 is 4.92 Å². The minimum absolute atomic E-state index is 0.00847. The van der Waals surface area contributed by atoms with Crippen LogP contribution in [-0.2, 0) is 0 Å². The van der Waals surface area contributed by atoms with Crippen molar-refractivity contribution in [1.29, 1.82) is 5.26 Å². The number of rotatable bonds is 2. The molecule has 0 saturated carbocycles. The molecule has 2 aromatic rings. The molecule has 1 heterocycles. The third kappa shape index (κ3) is 1.64. The van der Waals surface area contributed by atoms with E-state index in [4.69, 9.17) is 5.26 Å². The first-order chi connectivity index (χ1) is 8.06. The van der Waals surface area contributed by atoms with E-state index in [2.05, 4.69) is 0 Å². The molecular weight excluding hydrogens is 218 g/mol. The maximum Gasteiger partial charge on any atom is 0.296 e. The Morgan fingerprint density at radius 1 is 1.47 bits per heavy atom. The maximum atomic E-state index is 11.0. The van der Waals surface area contributed by atoms with Crippen molar-refractivity contribution in [3.8, 4) is 6.07 Å². The summed E-state index contributed by atoms with van der Waals surface area (Å²) < 4.78 is 1.81. The lowest BCUT2D eigenvalue weighted by atomic mass is 10.1. The highest BCUT2D eigenvalue weighted by Gasteiger charge is 2.21. The second-order valence-electron chi connectivity index (χ2n) is 4.08. The summed E-state index contributed by atoms with van der Waals surface area (Å²) >= 11 is 0. The van der Waals surface area contributed by atoms with Crippen molar-refractivity contribution >= 4 is 16.6 Å². The molecule has 0 aliphatic carbocycles. The van der Waals surface area contributed by atoms with Crippen molar-refractivity contribution in [1.82, 2.24) is 4.57 Å². The molecule has 0 fully saturated rings. The second-order valence-corrected chi connectivity index (χ2v) is 4.08. The lowest BCUT2D eigenvalue weighted by molar-refractivity contribution is -0.383. The fourth-order valence-electron chi connectivity index (χ4n) is 1.95. The topological polar surface area (TPSA) is 71.9 Å². The molecule has 0 radical (unpaired) electrons. The molecule has 0 amide bonds. The molecule has 0 spiro atoms. The molecule has 0 unspecified atom stereocenters. The number of fused-ring (bicyclic) bond motifs is 1. The fourth-order valence-corrected chi connectivity index (χ4v) is 1.95. The van der Waals surface area contributed by atoms with Crippen LogP contribution >= 0.6 is 0 Å². The van der Waals surface area contributed by atoms with Gasteiger partial charge in [-0.2, -0.15) is 5.26 Å². The molecule has 1 aromatic carbocycles. The van der Waals surface area contributed by atoms with Crippen molar-refractivity contribution in [2.24, 2.45) is 0 Å². The number of benzene rings is 1. The quantitative estimate of drug-likeness (QED) is 0.587. The van der Waals surface area contributed by atoms with Crippen molar-refractivity contribution < 1.29 is 4.92 Å². The molecule has 17 heavy (non-hydrogen) atoms. The summed E-state index contributed by atoms with van der Waals surface area (Å²) in [5.74, 6) is 0. The van der Waals surface area contributed by atoms with E-state index in [1.807, 2.05) is 24.5 Å². The van der Waals surface area contributed by atoms with Gasteiger partial charge < -0.3 is 4.57 Å². The van der Waals surface area contributed by atoms with Gasteiger partial charge in [-0.25, -0.2) is 0 Å². The monoisotopic (exact) mass is 229 g/mol. The van der Waals surface area contributed by atoms with Crippen LogP contribution in [0.25, 0.3) is 10.9 Å². The predicted octanol–water partition coefficient (Wildman–Crippen LogP) is 3.00. The van der Waals surface area contributed by atoms with Crippen LogP contribution in [0.15, 0.2) is 24.4 Å². The first-order valence-corrected chi connectivity index (χ1v) is 5.24. The standard InChI is InChI=1S/C12H11N3O2/c1-8(2)14-7-11(15(16)17)12-9(6-13)4-3-5-10(12)14/h3-5,7-8H,1-2H3. The van der Waals surface area contributed by atoms with Gasteiger partial charge in [0.25, 0.3) is 5.69 Å². The number of aromatic nitrogens is 1. The number of hydrogen-bond acceptors (Lipinski definition) is 3. The molecule has 2 rings (SSSR count). The normalized spacial score (nSPS) is 10.7. The Hall–Kier alpha value is -2.35. The van der Waals surface area contributed by atoms with Gasteiger partial charge in [0.1, 0.15) is 6.07 Å². The Balaban J connectivity index is 2.92. The van der Waals surface area contributed by atoms with Crippen LogP contribution in [-0.4, -0.2) is 9.49 Å². The molecule has 0 N–H and O–H groups in total. The van der Waals surface area contributed by atoms with Crippen LogP contribution in [0.5, 0.6) is 0 Å². The van der Waals surface area contributed by atoms with Crippen LogP contribution in [0.3, 0.4) is 0 Å². The summed E-state index contributed by atoms with van der Waals surface area (Å²) in [5.41, 5.74) is 1.06. The highest BCUT2D eigenvalue weighted by atomic mass is 16.6. The molecule has 5 heteroatoms. The van der Waals surface area contributed by atoms with Gasteiger partial charge in [0.15, 0.2) is 0 Å². The van der Waals surface area contributed by atoms with E-state index in [1.165, 1.54) is 6.20 Å². The molecule has 0 bridgehead atoms. The molecular formula is C12H11N3O2. The zero-order valence-electron chi connectivity index (χ0n) is 9.54. The maximum absolute atomic E-state index is 11.0. The lowest BCUT2D eigenvalue weighted by Crippen LogP contribution is -1.97. The Labute approximate surface area is 98.0 Å². The van der Waals surface area contributed by atoms with Crippen molar-refractivity contribution in [3.05, 3.63) is 40.1 Å². The molecule has 5 nitrogen and oxygen atoms in total. The second kappa shape index (κ2) is 3.91. The SMILES string of the molecule is CC(C)n1cc([N+](=O)[O-])c2c(C#N)cccc21. The predicted molar refractivity (Wildman–Crippen MR) is 63.7 cm³/mol. The van der Waals surface area contributed by atoms with Gasteiger partial charge in [0, 0.05) is 6.04 Å². The summed E-state index contributed by atoms with van der Waals surface area (Å²) in [7, 11) is 0. The Morgan fingerprint density at radius 2 is 2.18 bits per heavy atom. The number of nitriles is 1. The zero-order valence-corrected chi connectivity index (χ0v) is 9.54.